The van der Waals surface area contributed by atoms with E-state index in [1.165, 1.54) is 0 Å². The standard InChI is InChI=1S/C26H41N3O5/c1-8-9-13-27-23(31)22(21-16(2)11-10-12-17(21)3)29(20-14-18(20)4)24(32)19(15-30)28-25(33)34-26(5,6)7/h10-12,18-20,22,30H,8-9,13-15H2,1-7H3,(H,27,31)(H,28,33). The summed E-state index contributed by atoms with van der Waals surface area (Å²) in [6, 6.07) is 3.52. The van der Waals surface area contributed by atoms with Crippen LogP contribution in [0.1, 0.15) is 76.6 Å². The number of ether oxygens (including phenoxy) is 1. The molecule has 34 heavy (non-hydrogen) atoms. The van der Waals surface area contributed by atoms with Gasteiger partial charge in [0.2, 0.25) is 11.8 Å². The molecule has 0 saturated heterocycles. The molecule has 0 radical (unpaired) electrons. The minimum Gasteiger partial charge on any atom is -0.444 e. The average Bonchev–Trinajstić information content (AvgIpc) is 3.45. The van der Waals surface area contributed by atoms with Gasteiger partial charge in [0.1, 0.15) is 17.7 Å². The van der Waals surface area contributed by atoms with Crippen molar-refractivity contribution in [2.75, 3.05) is 13.2 Å². The Hall–Kier alpha value is -2.61. The zero-order valence-electron chi connectivity index (χ0n) is 21.6. The molecule has 1 aliphatic rings. The lowest BCUT2D eigenvalue weighted by atomic mass is 9.93. The van der Waals surface area contributed by atoms with Crippen LogP contribution in [0, 0.1) is 19.8 Å². The van der Waals surface area contributed by atoms with E-state index < -0.39 is 36.3 Å². The van der Waals surface area contributed by atoms with E-state index in [-0.39, 0.29) is 17.9 Å². The molecule has 0 heterocycles. The third kappa shape index (κ3) is 7.19. The highest BCUT2D eigenvalue weighted by atomic mass is 16.6. The number of alkyl carbamates (subject to hydrolysis) is 1. The highest BCUT2D eigenvalue weighted by Gasteiger charge is 2.48. The predicted octanol–water partition coefficient (Wildman–Crippen LogP) is 3.38. The quantitative estimate of drug-likeness (QED) is 0.450. The van der Waals surface area contributed by atoms with Crippen molar-refractivity contribution in [3.8, 4) is 0 Å². The van der Waals surface area contributed by atoms with Crippen molar-refractivity contribution in [3.63, 3.8) is 0 Å². The van der Waals surface area contributed by atoms with Crippen LogP contribution in [0.25, 0.3) is 0 Å². The summed E-state index contributed by atoms with van der Waals surface area (Å²) in [5.74, 6) is -0.548. The Morgan fingerprint density at radius 2 is 1.79 bits per heavy atom. The topological polar surface area (TPSA) is 108 Å². The lowest BCUT2D eigenvalue weighted by Crippen LogP contribution is -2.55. The first-order valence-corrected chi connectivity index (χ1v) is 12.2. The molecule has 4 unspecified atom stereocenters. The summed E-state index contributed by atoms with van der Waals surface area (Å²) >= 11 is 0. The SMILES string of the molecule is CCCCNC(=O)C(c1c(C)cccc1C)N(C(=O)C(CO)NC(=O)OC(C)(C)C)C1CC1C. The van der Waals surface area contributed by atoms with Gasteiger partial charge in [-0.25, -0.2) is 4.79 Å². The zero-order valence-corrected chi connectivity index (χ0v) is 21.6. The number of nitrogens with one attached hydrogen (secondary N) is 2. The molecular weight excluding hydrogens is 434 g/mol. The first-order valence-electron chi connectivity index (χ1n) is 12.2. The molecule has 2 rings (SSSR count). The van der Waals surface area contributed by atoms with Gasteiger partial charge in [0.15, 0.2) is 0 Å². The van der Waals surface area contributed by atoms with Crippen molar-refractivity contribution < 1.29 is 24.2 Å². The van der Waals surface area contributed by atoms with Crippen molar-refractivity contribution in [3.05, 3.63) is 34.9 Å². The van der Waals surface area contributed by atoms with E-state index in [1.54, 1.807) is 25.7 Å². The Kier molecular flexibility index (Phi) is 9.50. The van der Waals surface area contributed by atoms with Crippen molar-refractivity contribution >= 4 is 17.9 Å². The number of rotatable bonds is 10. The maximum absolute atomic E-state index is 13.8. The summed E-state index contributed by atoms with van der Waals surface area (Å²) in [5, 5.41) is 15.5. The molecule has 1 aliphatic carbocycles. The van der Waals surface area contributed by atoms with Crippen LogP contribution < -0.4 is 10.6 Å². The summed E-state index contributed by atoms with van der Waals surface area (Å²) < 4.78 is 5.28. The lowest BCUT2D eigenvalue weighted by Gasteiger charge is -2.36. The molecule has 3 N–H and O–H groups in total. The van der Waals surface area contributed by atoms with Gasteiger partial charge < -0.3 is 25.4 Å². The van der Waals surface area contributed by atoms with E-state index in [2.05, 4.69) is 10.6 Å². The Balaban J connectivity index is 2.46. The van der Waals surface area contributed by atoms with Gasteiger partial charge in [0, 0.05) is 12.6 Å². The second kappa shape index (κ2) is 11.7. The van der Waals surface area contributed by atoms with Crippen LogP contribution in [0.2, 0.25) is 0 Å². The molecule has 190 valence electrons. The second-order valence-electron chi connectivity index (χ2n) is 10.3. The van der Waals surface area contributed by atoms with Gasteiger partial charge in [0.25, 0.3) is 0 Å². The number of hydrogen-bond acceptors (Lipinski definition) is 5. The van der Waals surface area contributed by atoms with Crippen LogP contribution in [0.5, 0.6) is 0 Å². The number of carbonyl (C=O) groups excluding carboxylic acids is 3. The summed E-state index contributed by atoms with van der Waals surface area (Å²) in [4.78, 5) is 41.3. The average molecular weight is 476 g/mol. The van der Waals surface area contributed by atoms with Crippen LogP contribution in [-0.4, -0.2) is 58.8 Å². The van der Waals surface area contributed by atoms with Gasteiger partial charge in [-0.3, -0.25) is 9.59 Å². The van der Waals surface area contributed by atoms with Crippen LogP contribution in [0.15, 0.2) is 18.2 Å². The Morgan fingerprint density at radius 3 is 2.26 bits per heavy atom. The monoisotopic (exact) mass is 475 g/mol. The largest absolute Gasteiger partial charge is 0.444 e. The van der Waals surface area contributed by atoms with Gasteiger partial charge in [-0.2, -0.15) is 0 Å². The molecule has 8 nitrogen and oxygen atoms in total. The third-order valence-corrected chi connectivity index (χ3v) is 6.02. The van der Waals surface area contributed by atoms with Gasteiger partial charge >= 0.3 is 6.09 Å². The zero-order chi connectivity index (χ0) is 25.6. The Morgan fingerprint density at radius 1 is 1.21 bits per heavy atom. The highest BCUT2D eigenvalue weighted by Crippen LogP contribution is 2.41. The molecule has 0 spiro atoms. The number of nitrogens with zero attached hydrogens (tertiary/aromatic N) is 1. The summed E-state index contributed by atoms with van der Waals surface area (Å²) in [6.45, 7) is 13.0. The molecular formula is C26H41N3O5. The maximum Gasteiger partial charge on any atom is 0.408 e. The molecule has 0 bridgehead atoms. The molecule has 1 saturated carbocycles. The normalized spacial score (nSPS) is 19.1. The number of aliphatic hydroxyl groups is 1. The molecule has 4 atom stereocenters. The number of aryl methyl sites for hydroxylation is 2. The van der Waals surface area contributed by atoms with Crippen molar-refractivity contribution in [1.29, 1.82) is 0 Å². The fraction of sp³-hybridized carbons (Fsp3) is 0.654. The molecule has 3 amide bonds. The second-order valence-corrected chi connectivity index (χ2v) is 10.3. The Bertz CT molecular complexity index is 859. The van der Waals surface area contributed by atoms with Crippen molar-refractivity contribution in [2.45, 2.75) is 91.5 Å². The fourth-order valence-electron chi connectivity index (χ4n) is 4.13. The van der Waals surface area contributed by atoms with Gasteiger partial charge in [-0.1, -0.05) is 38.5 Å². The predicted molar refractivity (Wildman–Crippen MR) is 131 cm³/mol. The van der Waals surface area contributed by atoms with Gasteiger partial charge in [-0.15, -0.1) is 0 Å². The van der Waals surface area contributed by atoms with Gasteiger partial charge in [0.05, 0.1) is 6.61 Å². The van der Waals surface area contributed by atoms with E-state index in [0.29, 0.717) is 6.54 Å². The maximum atomic E-state index is 13.8. The molecule has 1 aromatic carbocycles. The number of benzene rings is 1. The summed E-state index contributed by atoms with van der Waals surface area (Å²) in [5.41, 5.74) is 1.83. The number of carbonyl (C=O) groups is 3. The van der Waals surface area contributed by atoms with Crippen molar-refractivity contribution in [1.82, 2.24) is 15.5 Å². The lowest BCUT2D eigenvalue weighted by molar-refractivity contribution is -0.144. The number of aliphatic hydroxyl groups excluding tert-OH is 1. The summed E-state index contributed by atoms with van der Waals surface area (Å²) in [6.07, 6.45) is 1.72. The van der Waals surface area contributed by atoms with Crippen molar-refractivity contribution in [2.24, 2.45) is 5.92 Å². The molecule has 0 aromatic heterocycles. The number of unbranched alkanes of at least 4 members (excludes halogenated alkanes) is 1. The molecule has 1 fully saturated rings. The van der Waals surface area contributed by atoms with E-state index >= 15 is 0 Å². The number of amides is 3. The first kappa shape index (κ1) is 27.6. The van der Waals surface area contributed by atoms with E-state index in [4.69, 9.17) is 4.74 Å². The minimum absolute atomic E-state index is 0.164. The third-order valence-electron chi connectivity index (χ3n) is 6.02. The van der Waals surface area contributed by atoms with E-state index in [9.17, 15) is 19.5 Å². The first-order chi connectivity index (χ1) is 15.9. The minimum atomic E-state index is -1.22. The number of hydrogen-bond donors (Lipinski definition) is 3. The Labute approximate surface area is 203 Å². The van der Waals surface area contributed by atoms with Crippen LogP contribution in [-0.2, 0) is 14.3 Å². The van der Waals surface area contributed by atoms with Crippen LogP contribution in [0.3, 0.4) is 0 Å². The van der Waals surface area contributed by atoms with Crippen LogP contribution >= 0.6 is 0 Å². The molecule has 0 aliphatic heterocycles. The van der Waals surface area contributed by atoms with E-state index in [0.717, 1.165) is 36.0 Å². The highest BCUT2D eigenvalue weighted by molar-refractivity contribution is 5.93. The molecule has 8 heteroatoms. The smallest absolute Gasteiger partial charge is 0.408 e. The van der Waals surface area contributed by atoms with E-state index in [1.807, 2.05) is 45.9 Å². The summed E-state index contributed by atoms with van der Waals surface area (Å²) in [7, 11) is 0. The van der Waals surface area contributed by atoms with Crippen LogP contribution in [0.4, 0.5) is 4.79 Å². The van der Waals surface area contributed by atoms with Gasteiger partial charge in [-0.05, 0) is 70.1 Å². The molecule has 1 aromatic rings. The fourth-order valence-corrected chi connectivity index (χ4v) is 4.13.